The lowest BCUT2D eigenvalue weighted by molar-refractivity contribution is 0.311. The molecule has 0 aliphatic carbocycles. The van der Waals surface area contributed by atoms with Crippen molar-refractivity contribution in [3.05, 3.63) is 16.9 Å². The van der Waals surface area contributed by atoms with Crippen molar-refractivity contribution in [1.29, 1.82) is 5.26 Å². The molecule has 1 aromatic heterocycles. The monoisotopic (exact) mass is 198 g/mol. The van der Waals surface area contributed by atoms with Gasteiger partial charge >= 0.3 is 0 Å². The minimum Gasteiger partial charge on any atom is -0.395 e. The van der Waals surface area contributed by atoms with Crippen molar-refractivity contribution >= 4 is 17.5 Å². The fourth-order valence-electron chi connectivity index (χ4n) is 0.689. The zero-order valence-electron chi connectivity index (χ0n) is 6.66. The quantitative estimate of drug-likeness (QED) is 0.688. The SMILES string of the molecule is N#Cc1cnc(NCCO)nc1Cl. The summed E-state index contributed by atoms with van der Waals surface area (Å²) in [6.45, 7) is 0.337. The lowest BCUT2D eigenvalue weighted by atomic mass is 10.4. The molecule has 1 heterocycles. The molecular weight excluding hydrogens is 192 g/mol. The van der Waals surface area contributed by atoms with E-state index < -0.39 is 0 Å². The van der Waals surface area contributed by atoms with Crippen molar-refractivity contribution in [3.8, 4) is 6.07 Å². The molecule has 1 rings (SSSR count). The summed E-state index contributed by atoms with van der Waals surface area (Å²) in [6, 6.07) is 1.84. The fourth-order valence-corrected chi connectivity index (χ4v) is 0.860. The molecule has 0 bridgehead atoms. The van der Waals surface area contributed by atoms with Crippen LogP contribution in [0.3, 0.4) is 0 Å². The maximum Gasteiger partial charge on any atom is 0.224 e. The van der Waals surface area contributed by atoms with Crippen LogP contribution in [0, 0.1) is 11.3 Å². The van der Waals surface area contributed by atoms with Gasteiger partial charge in [-0.25, -0.2) is 4.98 Å². The second kappa shape index (κ2) is 4.60. The van der Waals surface area contributed by atoms with Gasteiger partial charge in [-0.15, -0.1) is 0 Å². The second-order valence-corrected chi connectivity index (χ2v) is 2.52. The Morgan fingerprint density at radius 2 is 2.46 bits per heavy atom. The van der Waals surface area contributed by atoms with Crippen molar-refractivity contribution in [2.24, 2.45) is 0 Å². The Balaban J connectivity index is 2.79. The molecule has 68 valence electrons. The molecule has 2 N–H and O–H groups in total. The predicted octanol–water partition coefficient (Wildman–Crippen LogP) is 0.406. The first-order valence-electron chi connectivity index (χ1n) is 3.55. The molecule has 0 aromatic carbocycles. The third-order valence-electron chi connectivity index (χ3n) is 1.26. The van der Waals surface area contributed by atoms with Crippen molar-refractivity contribution < 1.29 is 5.11 Å². The van der Waals surface area contributed by atoms with E-state index >= 15 is 0 Å². The van der Waals surface area contributed by atoms with E-state index in [9.17, 15) is 0 Å². The van der Waals surface area contributed by atoms with Gasteiger partial charge in [0.25, 0.3) is 0 Å². The minimum atomic E-state index is -0.0129. The molecular formula is C7H7ClN4O. The van der Waals surface area contributed by atoms with Gasteiger partial charge in [0.2, 0.25) is 5.95 Å². The minimum absolute atomic E-state index is 0.0129. The van der Waals surface area contributed by atoms with Gasteiger partial charge in [-0.05, 0) is 0 Å². The number of hydrogen-bond acceptors (Lipinski definition) is 5. The normalized spacial score (nSPS) is 9.31. The van der Waals surface area contributed by atoms with Gasteiger partial charge in [-0.2, -0.15) is 10.2 Å². The highest BCUT2D eigenvalue weighted by molar-refractivity contribution is 6.30. The third kappa shape index (κ3) is 2.54. The highest BCUT2D eigenvalue weighted by Crippen LogP contribution is 2.11. The number of anilines is 1. The fraction of sp³-hybridized carbons (Fsp3) is 0.286. The largest absolute Gasteiger partial charge is 0.395 e. The summed E-state index contributed by atoms with van der Waals surface area (Å²) >= 11 is 5.63. The van der Waals surface area contributed by atoms with Crippen LogP contribution in [0.25, 0.3) is 0 Å². The third-order valence-corrected chi connectivity index (χ3v) is 1.55. The summed E-state index contributed by atoms with van der Waals surface area (Å²) in [5.41, 5.74) is 0.233. The van der Waals surface area contributed by atoms with E-state index in [1.54, 1.807) is 0 Å². The standard InChI is InChI=1S/C7H7ClN4O/c8-6-5(3-9)4-11-7(12-6)10-1-2-13/h4,13H,1-2H2,(H,10,11,12). The Morgan fingerprint density at radius 1 is 1.69 bits per heavy atom. The molecule has 0 aliphatic heterocycles. The number of aliphatic hydroxyl groups is 1. The molecule has 0 unspecified atom stereocenters. The van der Waals surface area contributed by atoms with Crippen molar-refractivity contribution in [2.45, 2.75) is 0 Å². The molecule has 0 atom stereocenters. The van der Waals surface area contributed by atoms with E-state index in [4.69, 9.17) is 22.0 Å². The smallest absolute Gasteiger partial charge is 0.224 e. The summed E-state index contributed by atoms with van der Waals surface area (Å²) in [4.78, 5) is 7.60. The van der Waals surface area contributed by atoms with Crippen LogP contribution in [0.15, 0.2) is 6.20 Å². The molecule has 5 nitrogen and oxygen atoms in total. The van der Waals surface area contributed by atoms with E-state index in [1.165, 1.54) is 6.20 Å². The Labute approximate surface area is 80.0 Å². The maximum absolute atomic E-state index is 8.51. The van der Waals surface area contributed by atoms with Gasteiger partial charge in [0.1, 0.15) is 11.6 Å². The molecule has 0 spiro atoms. The number of aromatic nitrogens is 2. The second-order valence-electron chi connectivity index (χ2n) is 2.16. The van der Waals surface area contributed by atoms with E-state index in [0.717, 1.165) is 0 Å². The molecule has 0 aliphatic rings. The molecule has 13 heavy (non-hydrogen) atoms. The molecule has 0 fully saturated rings. The highest BCUT2D eigenvalue weighted by Gasteiger charge is 2.02. The van der Waals surface area contributed by atoms with Gasteiger partial charge in [0.05, 0.1) is 12.8 Å². The number of nitrogens with zero attached hydrogens (tertiary/aromatic N) is 3. The summed E-state index contributed by atoms with van der Waals surface area (Å²) in [7, 11) is 0. The molecule has 1 aromatic rings. The number of rotatable bonds is 3. The number of hydrogen-bond donors (Lipinski definition) is 2. The van der Waals surface area contributed by atoms with Gasteiger partial charge in [0.15, 0.2) is 5.15 Å². The molecule has 0 amide bonds. The van der Waals surface area contributed by atoms with Gasteiger partial charge in [-0.3, -0.25) is 0 Å². The van der Waals surface area contributed by atoms with Crippen LogP contribution in [0.5, 0.6) is 0 Å². The summed E-state index contributed by atoms with van der Waals surface area (Å²) in [5.74, 6) is 0.304. The zero-order chi connectivity index (χ0) is 9.68. The van der Waals surface area contributed by atoms with Crippen molar-refractivity contribution in [1.82, 2.24) is 9.97 Å². The van der Waals surface area contributed by atoms with Gasteiger partial charge in [-0.1, -0.05) is 11.6 Å². The number of aliphatic hydroxyl groups excluding tert-OH is 1. The molecule has 0 radical (unpaired) electrons. The van der Waals surface area contributed by atoms with Crippen LogP contribution in [0.1, 0.15) is 5.56 Å². The van der Waals surface area contributed by atoms with E-state index in [1.807, 2.05) is 6.07 Å². The number of nitriles is 1. The predicted molar refractivity (Wildman–Crippen MR) is 47.3 cm³/mol. The van der Waals surface area contributed by atoms with E-state index in [0.29, 0.717) is 12.5 Å². The van der Waals surface area contributed by atoms with Gasteiger partial charge < -0.3 is 10.4 Å². The zero-order valence-corrected chi connectivity index (χ0v) is 7.41. The van der Waals surface area contributed by atoms with Crippen LogP contribution in [-0.2, 0) is 0 Å². The Kier molecular flexibility index (Phi) is 3.43. The first-order valence-corrected chi connectivity index (χ1v) is 3.93. The summed E-state index contributed by atoms with van der Waals surface area (Å²) < 4.78 is 0. The van der Waals surface area contributed by atoms with Crippen LogP contribution >= 0.6 is 11.6 Å². The van der Waals surface area contributed by atoms with Gasteiger partial charge in [0, 0.05) is 6.54 Å². The van der Waals surface area contributed by atoms with Crippen LogP contribution in [0.2, 0.25) is 5.15 Å². The Bertz CT molecular complexity index is 336. The topological polar surface area (TPSA) is 81.8 Å². The first-order chi connectivity index (χ1) is 6.27. The van der Waals surface area contributed by atoms with Crippen LogP contribution in [-0.4, -0.2) is 28.2 Å². The lowest BCUT2D eigenvalue weighted by Crippen LogP contribution is -2.08. The van der Waals surface area contributed by atoms with Crippen LogP contribution < -0.4 is 5.32 Å². The summed E-state index contributed by atoms with van der Waals surface area (Å²) in [6.07, 6.45) is 1.33. The summed E-state index contributed by atoms with van der Waals surface area (Å²) in [5, 5.41) is 19.8. The van der Waals surface area contributed by atoms with E-state index in [2.05, 4.69) is 15.3 Å². The maximum atomic E-state index is 8.51. The molecule has 0 saturated carbocycles. The Hall–Kier alpha value is -1.38. The van der Waals surface area contributed by atoms with Crippen molar-refractivity contribution in [2.75, 3.05) is 18.5 Å². The highest BCUT2D eigenvalue weighted by atomic mass is 35.5. The Morgan fingerprint density at radius 3 is 3.00 bits per heavy atom. The average molecular weight is 199 g/mol. The number of nitrogens with one attached hydrogen (secondary N) is 1. The first kappa shape index (κ1) is 9.71. The van der Waals surface area contributed by atoms with E-state index in [-0.39, 0.29) is 17.3 Å². The number of halogens is 1. The van der Waals surface area contributed by atoms with Crippen LogP contribution in [0.4, 0.5) is 5.95 Å². The molecule has 6 heteroatoms. The van der Waals surface area contributed by atoms with Crippen molar-refractivity contribution in [3.63, 3.8) is 0 Å². The average Bonchev–Trinajstić information content (AvgIpc) is 2.15. The lowest BCUT2D eigenvalue weighted by Gasteiger charge is -2.01. The molecule has 0 saturated heterocycles.